The van der Waals surface area contributed by atoms with Crippen molar-refractivity contribution in [2.75, 3.05) is 38.6 Å². The highest BCUT2D eigenvalue weighted by molar-refractivity contribution is 6.02. The van der Waals surface area contributed by atoms with Gasteiger partial charge in [0.1, 0.15) is 5.82 Å². The van der Waals surface area contributed by atoms with Crippen LogP contribution < -0.4 is 4.90 Å². The number of hydrogen-bond donors (Lipinski definition) is 0. The Bertz CT molecular complexity index is 443. The van der Waals surface area contributed by atoms with Crippen LogP contribution in [0.2, 0.25) is 0 Å². The second-order valence-corrected chi connectivity index (χ2v) is 5.14. The Labute approximate surface area is 109 Å². The molecule has 1 aliphatic rings. The predicted octanol–water partition coefficient (Wildman–Crippen LogP) is 1.73. The predicted molar refractivity (Wildman–Crippen MR) is 73.3 cm³/mol. The van der Waals surface area contributed by atoms with Gasteiger partial charge in [0.05, 0.1) is 5.56 Å². The quantitative estimate of drug-likeness (QED) is 0.812. The van der Waals surface area contributed by atoms with Gasteiger partial charge in [0.2, 0.25) is 0 Å². The van der Waals surface area contributed by atoms with Gasteiger partial charge in [-0.25, -0.2) is 4.98 Å². The number of pyridine rings is 1. The summed E-state index contributed by atoms with van der Waals surface area (Å²) in [6.45, 7) is 4.80. The first kappa shape index (κ1) is 13.0. The molecule has 98 valence electrons. The van der Waals surface area contributed by atoms with Crippen LogP contribution in [0.15, 0.2) is 12.1 Å². The number of rotatable bonds is 4. The molecule has 0 aliphatic carbocycles. The second-order valence-electron chi connectivity index (χ2n) is 5.14. The van der Waals surface area contributed by atoms with Crippen molar-refractivity contribution in [3.8, 4) is 0 Å². The lowest BCUT2D eigenvalue weighted by atomic mass is 10.0. The molecule has 1 aromatic heterocycles. The fourth-order valence-corrected chi connectivity index (χ4v) is 2.27. The average Bonchev–Trinajstić information content (AvgIpc) is 2.31. The molecular weight excluding hydrogens is 226 g/mol. The summed E-state index contributed by atoms with van der Waals surface area (Å²) in [4.78, 5) is 20.8. The molecule has 0 radical (unpaired) electrons. The number of aryl methyl sites for hydroxylation is 1. The van der Waals surface area contributed by atoms with E-state index in [1.54, 1.807) is 0 Å². The molecule has 2 rings (SSSR count). The number of ketones is 1. The van der Waals surface area contributed by atoms with Gasteiger partial charge in [-0.15, -0.1) is 0 Å². The third-order valence-corrected chi connectivity index (χ3v) is 3.26. The number of nitrogens with zero attached hydrogens (tertiary/aromatic N) is 3. The summed E-state index contributed by atoms with van der Waals surface area (Å²) in [5, 5.41) is 0. The fraction of sp³-hybridized carbons (Fsp3) is 0.571. The zero-order valence-electron chi connectivity index (χ0n) is 11.4. The highest BCUT2D eigenvalue weighted by Crippen LogP contribution is 2.25. The summed E-state index contributed by atoms with van der Waals surface area (Å²) >= 11 is 0. The van der Waals surface area contributed by atoms with E-state index in [0.717, 1.165) is 43.1 Å². The highest BCUT2D eigenvalue weighted by Gasteiger charge is 2.23. The fourth-order valence-electron chi connectivity index (χ4n) is 2.27. The van der Waals surface area contributed by atoms with E-state index < -0.39 is 0 Å². The highest BCUT2D eigenvalue weighted by atomic mass is 16.1. The van der Waals surface area contributed by atoms with Crippen molar-refractivity contribution in [2.45, 2.75) is 19.8 Å². The van der Waals surface area contributed by atoms with Gasteiger partial charge in [-0.3, -0.25) is 4.79 Å². The Balaban J connectivity index is 2.12. The molecule has 0 amide bonds. The molecule has 0 bridgehead atoms. The van der Waals surface area contributed by atoms with Crippen LogP contribution in [0.5, 0.6) is 0 Å². The van der Waals surface area contributed by atoms with Crippen LogP contribution in [0.4, 0.5) is 5.82 Å². The van der Waals surface area contributed by atoms with Crippen molar-refractivity contribution in [3.63, 3.8) is 0 Å². The van der Waals surface area contributed by atoms with Gasteiger partial charge < -0.3 is 9.80 Å². The van der Waals surface area contributed by atoms with E-state index >= 15 is 0 Å². The third-order valence-electron chi connectivity index (χ3n) is 3.26. The van der Waals surface area contributed by atoms with Crippen LogP contribution in [0.25, 0.3) is 0 Å². The Morgan fingerprint density at radius 1 is 1.39 bits per heavy atom. The van der Waals surface area contributed by atoms with Gasteiger partial charge in [0.25, 0.3) is 0 Å². The van der Waals surface area contributed by atoms with Crippen LogP contribution in [0, 0.1) is 6.92 Å². The molecule has 0 saturated carbocycles. The molecule has 0 fully saturated rings. The van der Waals surface area contributed by atoms with Crippen molar-refractivity contribution in [2.24, 2.45) is 0 Å². The Morgan fingerprint density at radius 2 is 2.17 bits per heavy atom. The van der Waals surface area contributed by atoms with E-state index in [0.29, 0.717) is 6.42 Å². The topological polar surface area (TPSA) is 36.4 Å². The van der Waals surface area contributed by atoms with E-state index in [9.17, 15) is 4.79 Å². The van der Waals surface area contributed by atoms with E-state index in [1.807, 2.05) is 19.1 Å². The van der Waals surface area contributed by atoms with Gasteiger partial charge in [-0.1, -0.05) is 0 Å². The van der Waals surface area contributed by atoms with Crippen LogP contribution in [0.3, 0.4) is 0 Å². The maximum Gasteiger partial charge on any atom is 0.168 e. The SMILES string of the molecule is Cc1ccc2c(n1)N(CCCN(C)C)CCC2=O. The van der Waals surface area contributed by atoms with E-state index in [4.69, 9.17) is 0 Å². The minimum absolute atomic E-state index is 0.223. The van der Waals surface area contributed by atoms with Crippen molar-refractivity contribution >= 4 is 11.6 Å². The first-order valence-corrected chi connectivity index (χ1v) is 6.48. The number of anilines is 1. The molecular formula is C14H21N3O. The van der Waals surface area contributed by atoms with Crippen molar-refractivity contribution in [1.29, 1.82) is 0 Å². The molecule has 1 aromatic rings. The first-order valence-electron chi connectivity index (χ1n) is 6.48. The monoisotopic (exact) mass is 247 g/mol. The summed E-state index contributed by atoms with van der Waals surface area (Å²) in [7, 11) is 4.16. The molecule has 0 spiro atoms. The van der Waals surface area contributed by atoms with Crippen molar-refractivity contribution in [1.82, 2.24) is 9.88 Å². The molecule has 1 aliphatic heterocycles. The standard InChI is InChI=1S/C14H21N3O/c1-11-5-6-12-13(18)7-10-17(14(12)15-11)9-4-8-16(2)3/h5-6H,4,7-10H2,1-3H3. The van der Waals surface area contributed by atoms with Crippen molar-refractivity contribution < 1.29 is 4.79 Å². The van der Waals surface area contributed by atoms with E-state index in [2.05, 4.69) is 28.9 Å². The number of fused-ring (bicyclic) bond motifs is 1. The molecule has 4 heteroatoms. The summed E-state index contributed by atoms with van der Waals surface area (Å²) < 4.78 is 0. The third kappa shape index (κ3) is 2.88. The lowest BCUT2D eigenvalue weighted by molar-refractivity contribution is 0.0979. The molecule has 0 atom stereocenters. The minimum atomic E-state index is 0.223. The summed E-state index contributed by atoms with van der Waals surface area (Å²) in [5.41, 5.74) is 1.76. The number of hydrogen-bond acceptors (Lipinski definition) is 4. The molecule has 0 N–H and O–H groups in total. The summed E-state index contributed by atoms with van der Waals surface area (Å²) in [5.74, 6) is 1.10. The van der Waals surface area contributed by atoms with Gasteiger partial charge >= 0.3 is 0 Å². The molecule has 0 saturated heterocycles. The average molecular weight is 247 g/mol. The molecule has 2 heterocycles. The molecule has 0 unspecified atom stereocenters. The summed E-state index contributed by atoms with van der Waals surface area (Å²) in [6, 6.07) is 3.83. The second kappa shape index (κ2) is 5.48. The van der Waals surface area contributed by atoms with Crippen molar-refractivity contribution in [3.05, 3.63) is 23.4 Å². The van der Waals surface area contributed by atoms with E-state index in [1.165, 1.54) is 0 Å². The number of Topliss-reactive ketones (excluding diaryl/α,β-unsaturated/α-hetero) is 1. The first-order chi connectivity index (χ1) is 8.58. The smallest absolute Gasteiger partial charge is 0.168 e. The number of carbonyl (C=O) groups excluding carboxylic acids is 1. The molecule has 0 aromatic carbocycles. The number of carbonyl (C=O) groups is 1. The van der Waals surface area contributed by atoms with E-state index in [-0.39, 0.29) is 5.78 Å². The maximum absolute atomic E-state index is 11.8. The Hall–Kier alpha value is -1.42. The number of aromatic nitrogens is 1. The Morgan fingerprint density at radius 3 is 2.89 bits per heavy atom. The molecule has 4 nitrogen and oxygen atoms in total. The van der Waals surface area contributed by atoms with Crippen LogP contribution in [-0.4, -0.2) is 49.4 Å². The van der Waals surface area contributed by atoms with Crippen LogP contribution in [-0.2, 0) is 0 Å². The lowest BCUT2D eigenvalue weighted by Crippen LogP contribution is -2.35. The van der Waals surface area contributed by atoms with Crippen LogP contribution >= 0.6 is 0 Å². The lowest BCUT2D eigenvalue weighted by Gasteiger charge is -2.29. The van der Waals surface area contributed by atoms with Crippen LogP contribution in [0.1, 0.15) is 28.9 Å². The van der Waals surface area contributed by atoms with Gasteiger partial charge in [-0.2, -0.15) is 0 Å². The normalized spacial score (nSPS) is 15.1. The Kier molecular flexibility index (Phi) is 3.97. The van der Waals surface area contributed by atoms with Gasteiger partial charge in [-0.05, 0) is 46.1 Å². The largest absolute Gasteiger partial charge is 0.356 e. The minimum Gasteiger partial charge on any atom is -0.356 e. The summed E-state index contributed by atoms with van der Waals surface area (Å²) in [6.07, 6.45) is 1.70. The molecule has 18 heavy (non-hydrogen) atoms. The zero-order chi connectivity index (χ0) is 13.1. The maximum atomic E-state index is 11.8. The van der Waals surface area contributed by atoms with Gasteiger partial charge in [0.15, 0.2) is 5.78 Å². The zero-order valence-corrected chi connectivity index (χ0v) is 11.4. The van der Waals surface area contributed by atoms with Gasteiger partial charge in [0, 0.05) is 25.2 Å².